The van der Waals surface area contributed by atoms with Gasteiger partial charge in [-0.05, 0) is 36.5 Å². The van der Waals surface area contributed by atoms with Crippen LogP contribution >= 0.6 is 11.6 Å². The average molecular weight is 249 g/mol. The van der Waals surface area contributed by atoms with E-state index in [1.54, 1.807) is 6.07 Å². The molecule has 0 heterocycles. The Balaban J connectivity index is 2.87. The zero-order valence-electron chi connectivity index (χ0n) is 9.18. The molecule has 0 aliphatic rings. The number of benzene rings is 1. The number of alkyl halides is 3. The van der Waals surface area contributed by atoms with E-state index >= 15 is 0 Å². The molecule has 0 aliphatic heterocycles. The standard InChI is InChI=1S/C12H15ClF2O/c1-2-9-5-6-10(4-3-7-13)11(8-9)16-12(14)15/h5-6,8,12H,2-4,7H2,1H3. The van der Waals surface area contributed by atoms with Gasteiger partial charge in [-0.2, -0.15) is 8.78 Å². The van der Waals surface area contributed by atoms with Gasteiger partial charge in [0.1, 0.15) is 5.75 Å². The van der Waals surface area contributed by atoms with Crippen molar-refractivity contribution in [3.05, 3.63) is 29.3 Å². The van der Waals surface area contributed by atoms with Crippen LogP contribution in [0.1, 0.15) is 24.5 Å². The summed E-state index contributed by atoms with van der Waals surface area (Å²) in [6, 6.07) is 5.45. The van der Waals surface area contributed by atoms with Gasteiger partial charge in [0.25, 0.3) is 0 Å². The highest BCUT2D eigenvalue weighted by Gasteiger charge is 2.10. The first-order valence-corrected chi connectivity index (χ1v) is 5.83. The van der Waals surface area contributed by atoms with E-state index < -0.39 is 6.61 Å². The van der Waals surface area contributed by atoms with Crippen molar-refractivity contribution in [2.45, 2.75) is 32.8 Å². The first kappa shape index (κ1) is 13.2. The number of ether oxygens (including phenoxy) is 1. The Morgan fingerprint density at radius 3 is 2.69 bits per heavy atom. The quantitative estimate of drug-likeness (QED) is 0.691. The molecule has 1 aromatic rings. The van der Waals surface area contributed by atoms with Gasteiger partial charge in [-0.25, -0.2) is 0 Å². The molecule has 0 spiro atoms. The molecule has 90 valence electrons. The third-order valence-electron chi connectivity index (χ3n) is 2.34. The highest BCUT2D eigenvalue weighted by molar-refractivity contribution is 6.17. The van der Waals surface area contributed by atoms with Gasteiger partial charge in [-0.1, -0.05) is 19.1 Å². The Morgan fingerprint density at radius 1 is 1.38 bits per heavy atom. The summed E-state index contributed by atoms with van der Waals surface area (Å²) < 4.78 is 28.9. The van der Waals surface area contributed by atoms with Crippen LogP contribution in [0.15, 0.2) is 18.2 Å². The lowest BCUT2D eigenvalue weighted by molar-refractivity contribution is -0.0504. The summed E-state index contributed by atoms with van der Waals surface area (Å²) in [6.45, 7) is -0.804. The van der Waals surface area contributed by atoms with Crippen molar-refractivity contribution < 1.29 is 13.5 Å². The van der Waals surface area contributed by atoms with Crippen LogP contribution in [-0.4, -0.2) is 12.5 Å². The fourth-order valence-electron chi connectivity index (χ4n) is 1.49. The van der Waals surface area contributed by atoms with Gasteiger partial charge in [-0.15, -0.1) is 11.6 Å². The van der Waals surface area contributed by atoms with Gasteiger partial charge < -0.3 is 4.74 Å². The molecule has 0 saturated carbocycles. The Labute approximate surface area is 99.4 Å². The van der Waals surface area contributed by atoms with E-state index in [0.717, 1.165) is 24.0 Å². The summed E-state index contributed by atoms with van der Waals surface area (Å²) in [5.74, 6) is 0.795. The molecule has 0 aromatic heterocycles. The topological polar surface area (TPSA) is 9.23 Å². The maximum atomic E-state index is 12.2. The summed E-state index contributed by atoms with van der Waals surface area (Å²) in [5.41, 5.74) is 1.78. The zero-order chi connectivity index (χ0) is 12.0. The van der Waals surface area contributed by atoms with Gasteiger partial charge in [0, 0.05) is 5.88 Å². The van der Waals surface area contributed by atoms with E-state index in [1.165, 1.54) is 0 Å². The first-order valence-electron chi connectivity index (χ1n) is 5.30. The number of rotatable bonds is 6. The predicted octanol–water partition coefficient (Wildman–Crippen LogP) is 4.02. The van der Waals surface area contributed by atoms with Crippen LogP contribution in [0.2, 0.25) is 0 Å². The second kappa shape index (κ2) is 6.69. The molecule has 16 heavy (non-hydrogen) atoms. The molecule has 1 aromatic carbocycles. The molecular formula is C12H15ClF2O. The summed E-state index contributed by atoms with van der Waals surface area (Å²) >= 11 is 5.58. The minimum Gasteiger partial charge on any atom is -0.435 e. The summed E-state index contributed by atoms with van der Waals surface area (Å²) in [5, 5.41) is 0. The number of hydrogen-bond acceptors (Lipinski definition) is 1. The van der Waals surface area contributed by atoms with Crippen molar-refractivity contribution in [2.75, 3.05) is 5.88 Å². The molecule has 0 aliphatic carbocycles. The van der Waals surface area contributed by atoms with E-state index in [4.69, 9.17) is 11.6 Å². The van der Waals surface area contributed by atoms with Crippen LogP contribution in [-0.2, 0) is 12.8 Å². The molecule has 0 bridgehead atoms. The molecule has 0 unspecified atom stereocenters. The lowest BCUT2D eigenvalue weighted by Gasteiger charge is -2.11. The van der Waals surface area contributed by atoms with Gasteiger partial charge >= 0.3 is 6.61 Å². The maximum Gasteiger partial charge on any atom is 0.387 e. The molecule has 4 heteroatoms. The third kappa shape index (κ3) is 3.97. The van der Waals surface area contributed by atoms with Crippen molar-refractivity contribution in [3.8, 4) is 5.75 Å². The number of aryl methyl sites for hydroxylation is 2. The van der Waals surface area contributed by atoms with Gasteiger partial charge in [0.15, 0.2) is 0 Å². The van der Waals surface area contributed by atoms with Gasteiger partial charge in [-0.3, -0.25) is 0 Å². The molecule has 0 radical (unpaired) electrons. The van der Waals surface area contributed by atoms with Crippen molar-refractivity contribution in [3.63, 3.8) is 0 Å². The summed E-state index contributed by atoms with van der Waals surface area (Å²) in [4.78, 5) is 0. The first-order chi connectivity index (χ1) is 7.67. The van der Waals surface area contributed by atoms with Crippen LogP contribution < -0.4 is 4.74 Å². The molecule has 0 atom stereocenters. The van der Waals surface area contributed by atoms with Crippen molar-refractivity contribution in [1.82, 2.24) is 0 Å². The van der Waals surface area contributed by atoms with E-state index in [0.29, 0.717) is 12.3 Å². The van der Waals surface area contributed by atoms with Crippen LogP contribution in [0.5, 0.6) is 5.75 Å². The molecule has 1 nitrogen and oxygen atoms in total. The van der Waals surface area contributed by atoms with E-state index in [2.05, 4.69) is 4.74 Å². The SMILES string of the molecule is CCc1ccc(CCCCl)c(OC(F)F)c1. The summed E-state index contributed by atoms with van der Waals surface area (Å²) in [7, 11) is 0. The maximum absolute atomic E-state index is 12.2. The number of halogens is 3. The van der Waals surface area contributed by atoms with Gasteiger partial charge in [0.2, 0.25) is 0 Å². The van der Waals surface area contributed by atoms with Crippen molar-refractivity contribution >= 4 is 11.6 Å². The monoisotopic (exact) mass is 248 g/mol. The highest BCUT2D eigenvalue weighted by Crippen LogP contribution is 2.24. The smallest absolute Gasteiger partial charge is 0.387 e. The van der Waals surface area contributed by atoms with Crippen LogP contribution in [0.3, 0.4) is 0 Å². The Hall–Kier alpha value is -0.830. The molecular weight excluding hydrogens is 234 g/mol. The third-order valence-corrected chi connectivity index (χ3v) is 2.60. The second-order valence-corrected chi connectivity index (χ2v) is 3.84. The van der Waals surface area contributed by atoms with E-state index in [-0.39, 0.29) is 5.75 Å². The molecule has 0 N–H and O–H groups in total. The summed E-state index contributed by atoms with van der Waals surface area (Å²) in [6.07, 6.45) is 2.22. The Kier molecular flexibility index (Phi) is 5.53. The van der Waals surface area contributed by atoms with Crippen molar-refractivity contribution in [1.29, 1.82) is 0 Å². The fraction of sp³-hybridized carbons (Fsp3) is 0.500. The fourth-order valence-corrected chi connectivity index (χ4v) is 1.62. The molecule has 0 fully saturated rings. The van der Waals surface area contributed by atoms with Gasteiger partial charge in [0.05, 0.1) is 0 Å². The Morgan fingerprint density at radius 2 is 2.12 bits per heavy atom. The lowest BCUT2D eigenvalue weighted by Crippen LogP contribution is -2.05. The highest BCUT2D eigenvalue weighted by atomic mass is 35.5. The zero-order valence-corrected chi connectivity index (χ0v) is 9.94. The number of hydrogen-bond donors (Lipinski definition) is 0. The van der Waals surface area contributed by atoms with E-state index in [9.17, 15) is 8.78 Å². The average Bonchev–Trinajstić information content (AvgIpc) is 2.26. The van der Waals surface area contributed by atoms with E-state index in [1.807, 2.05) is 19.1 Å². The molecule has 1 rings (SSSR count). The molecule has 0 saturated heterocycles. The normalized spacial score (nSPS) is 10.8. The van der Waals surface area contributed by atoms with Crippen molar-refractivity contribution in [2.24, 2.45) is 0 Å². The predicted molar refractivity (Wildman–Crippen MR) is 61.5 cm³/mol. The van der Waals surface area contributed by atoms with Crippen LogP contribution in [0, 0.1) is 0 Å². The second-order valence-electron chi connectivity index (χ2n) is 3.47. The van der Waals surface area contributed by atoms with Crippen LogP contribution in [0.25, 0.3) is 0 Å². The minimum absolute atomic E-state index is 0.277. The lowest BCUT2D eigenvalue weighted by atomic mass is 10.0. The minimum atomic E-state index is -2.78. The molecule has 0 amide bonds. The van der Waals surface area contributed by atoms with Crippen LogP contribution in [0.4, 0.5) is 8.78 Å². The largest absolute Gasteiger partial charge is 0.435 e. The Bertz CT molecular complexity index is 329.